The van der Waals surface area contributed by atoms with Crippen molar-refractivity contribution in [3.05, 3.63) is 43.0 Å². The Labute approximate surface area is 101 Å². The molecule has 0 aliphatic carbocycles. The van der Waals surface area contributed by atoms with Crippen molar-refractivity contribution in [2.24, 2.45) is 0 Å². The molecule has 0 aliphatic heterocycles. The standard InChI is InChI=1S/C11H14N2O3S/c1-2-11(14)12-8-9-17(15,16)13-10-6-4-3-5-7-10/h2-7,13H,1,8-9H2,(H,12,14). The quantitative estimate of drug-likeness (QED) is 0.735. The first-order valence-electron chi connectivity index (χ1n) is 4.99. The van der Waals surface area contributed by atoms with E-state index in [9.17, 15) is 13.2 Å². The highest BCUT2D eigenvalue weighted by Gasteiger charge is 2.09. The number of hydrogen-bond donors (Lipinski definition) is 2. The van der Waals surface area contributed by atoms with Crippen LogP contribution in [0.4, 0.5) is 5.69 Å². The second kappa shape index (κ2) is 6.05. The summed E-state index contributed by atoms with van der Waals surface area (Å²) in [5.41, 5.74) is 0.502. The fourth-order valence-corrected chi connectivity index (χ4v) is 2.09. The van der Waals surface area contributed by atoms with Crippen LogP contribution in [-0.4, -0.2) is 26.6 Å². The van der Waals surface area contributed by atoms with Gasteiger partial charge >= 0.3 is 0 Å². The van der Waals surface area contributed by atoms with Crippen LogP contribution in [0.1, 0.15) is 0 Å². The zero-order valence-electron chi connectivity index (χ0n) is 9.22. The first-order valence-corrected chi connectivity index (χ1v) is 6.64. The minimum absolute atomic E-state index is 0.0486. The van der Waals surface area contributed by atoms with Crippen LogP contribution in [0.5, 0.6) is 0 Å². The number of hydrogen-bond acceptors (Lipinski definition) is 3. The Kier molecular flexibility index (Phi) is 4.71. The number of benzene rings is 1. The molecule has 0 unspecified atom stereocenters. The molecule has 0 aromatic heterocycles. The van der Waals surface area contributed by atoms with Gasteiger partial charge in [0.1, 0.15) is 0 Å². The van der Waals surface area contributed by atoms with E-state index in [4.69, 9.17) is 0 Å². The highest BCUT2D eigenvalue weighted by molar-refractivity contribution is 7.92. The summed E-state index contributed by atoms with van der Waals surface area (Å²) in [6.45, 7) is 3.31. The van der Waals surface area contributed by atoms with Gasteiger partial charge in [-0.2, -0.15) is 0 Å². The van der Waals surface area contributed by atoms with Crippen LogP contribution in [0, 0.1) is 0 Å². The molecule has 1 aromatic carbocycles. The molecule has 0 spiro atoms. The van der Waals surface area contributed by atoms with Crippen LogP contribution in [-0.2, 0) is 14.8 Å². The molecule has 0 radical (unpaired) electrons. The van der Waals surface area contributed by atoms with Crippen LogP contribution in [0.2, 0.25) is 0 Å². The highest BCUT2D eigenvalue weighted by atomic mass is 32.2. The van der Waals surface area contributed by atoms with Gasteiger partial charge in [-0.3, -0.25) is 9.52 Å². The lowest BCUT2D eigenvalue weighted by Gasteiger charge is -2.07. The highest BCUT2D eigenvalue weighted by Crippen LogP contribution is 2.07. The SMILES string of the molecule is C=CC(=O)NCCS(=O)(=O)Nc1ccccc1. The zero-order valence-corrected chi connectivity index (χ0v) is 10.0. The number of nitrogens with one attached hydrogen (secondary N) is 2. The van der Waals surface area contributed by atoms with Crippen molar-refractivity contribution in [3.8, 4) is 0 Å². The van der Waals surface area contributed by atoms with Gasteiger partial charge in [-0.1, -0.05) is 24.8 Å². The van der Waals surface area contributed by atoms with E-state index in [0.717, 1.165) is 6.08 Å². The van der Waals surface area contributed by atoms with E-state index in [1.54, 1.807) is 30.3 Å². The van der Waals surface area contributed by atoms with Crippen LogP contribution in [0.25, 0.3) is 0 Å². The predicted molar refractivity (Wildman–Crippen MR) is 67.1 cm³/mol. The first kappa shape index (κ1) is 13.2. The van der Waals surface area contributed by atoms with Crippen molar-refractivity contribution in [1.82, 2.24) is 5.32 Å². The van der Waals surface area contributed by atoms with Gasteiger partial charge in [0.25, 0.3) is 0 Å². The lowest BCUT2D eigenvalue weighted by atomic mass is 10.3. The lowest BCUT2D eigenvalue weighted by molar-refractivity contribution is -0.116. The Balaban J connectivity index is 2.47. The van der Waals surface area contributed by atoms with E-state index in [2.05, 4.69) is 16.6 Å². The van der Waals surface area contributed by atoms with Crippen molar-refractivity contribution >= 4 is 21.6 Å². The van der Waals surface area contributed by atoms with Gasteiger partial charge in [-0.15, -0.1) is 0 Å². The van der Waals surface area contributed by atoms with Gasteiger partial charge in [0.05, 0.1) is 5.75 Å². The van der Waals surface area contributed by atoms with Gasteiger partial charge < -0.3 is 5.32 Å². The molecule has 0 bridgehead atoms. The smallest absolute Gasteiger partial charge is 0.243 e. The number of carbonyl (C=O) groups is 1. The molecule has 0 fully saturated rings. The third-order valence-electron chi connectivity index (χ3n) is 1.90. The molecule has 0 saturated carbocycles. The van der Waals surface area contributed by atoms with Crippen molar-refractivity contribution in [1.29, 1.82) is 0 Å². The Morgan fingerprint density at radius 3 is 2.53 bits per heavy atom. The van der Waals surface area contributed by atoms with Crippen molar-refractivity contribution in [2.45, 2.75) is 0 Å². The molecule has 0 atom stereocenters. The van der Waals surface area contributed by atoms with E-state index in [1.165, 1.54) is 0 Å². The molecule has 17 heavy (non-hydrogen) atoms. The lowest BCUT2D eigenvalue weighted by Crippen LogP contribution is -2.29. The van der Waals surface area contributed by atoms with E-state index in [0.29, 0.717) is 5.69 Å². The second-order valence-corrected chi connectivity index (χ2v) is 5.12. The maximum absolute atomic E-state index is 11.6. The van der Waals surface area contributed by atoms with Crippen molar-refractivity contribution < 1.29 is 13.2 Å². The Morgan fingerprint density at radius 2 is 1.94 bits per heavy atom. The normalized spacial score (nSPS) is 10.6. The first-order chi connectivity index (χ1) is 8.03. The van der Waals surface area contributed by atoms with Crippen LogP contribution >= 0.6 is 0 Å². The summed E-state index contributed by atoms with van der Waals surface area (Å²) < 4.78 is 25.6. The molecule has 0 aliphatic rings. The molecular weight excluding hydrogens is 240 g/mol. The minimum Gasteiger partial charge on any atom is -0.351 e. The molecule has 5 nitrogen and oxygen atoms in total. The number of para-hydroxylation sites is 1. The summed E-state index contributed by atoms with van der Waals surface area (Å²) in [5, 5.41) is 2.40. The van der Waals surface area contributed by atoms with Crippen LogP contribution < -0.4 is 10.0 Å². The molecule has 1 aromatic rings. The summed E-state index contributed by atoms with van der Waals surface area (Å²) >= 11 is 0. The van der Waals surface area contributed by atoms with Crippen molar-refractivity contribution in [2.75, 3.05) is 17.0 Å². The van der Waals surface area contributed by atoms with Gasteiger partial charge in [0.15, 0.2) is 0 Å². The molecular formula is C11H14N2O3S. The molecule has 0 heterocycles. The Morgan fingerprint density at radius 1 is 1.29 bits per heavy atom. The number of rotatable bonds is 6. The number of sulfonamides is 1. The van der Waals surface area contributed by atoms with E-state index >= 15 is 0 Å². The maximum Gasteiger partial charge on any atom is 0.243 e. The fraction of sp³-hybridized carbons (Fsp3) is 0.182. The molecule has 0 saturated heterocycles. The topological polar surface area (TPSA) is 75.3 Å². The van der Waals surface area contributed by atoms with E-state index < -0.39 is 10.0 Å². The van der Waals surface area contributed by atoms with Gasteiger partial charge in [0, 0.05) is 12.2 Å². The average molecular weight is 254 g/mol. The third-order valence-corrected chi connectivity index (χ3v) is 3.19. The largest absolute Gasteiger partial charge is 0.351 e. The summed E-state index contributed by atoms with van der Waals surface area (Å²) in [5.74, 6) is -0.568. The third kappa shape index (κ3) is 5.17. The summed E-state index contributed by atoms with van der Waals surface area (Å²) in [6.07, 6.45) is 1.09. The Bertz CT molecular complexity index is 483. The van der Waals surface area contributed by atoms with Crippen LogP contribution in [0.15, 0.2) is 43.0 Å². The predicted octanol–water partition coefficient (Wildman–Crippen LogP) is 0.730. The molecule has 2 N–H and O–H groups in total. The minimum atomic E-state index is -3.44. The molecule has 1 amide bonds. The number of carbonyl (C=O) groups excluding carboxylic acids is 1. The number of amides is 1. The summed E-state index contributed by atoms with van der Waals surface area (Å²) in [7, 11) is -3.44. The van der Waals surface area contributed by atoms with E-state index in [-0.39, 0.29) is 18.2 Å². The van der Waals surface area contributed by atoms with Gasteiger partial charge in [0.2, 0.25) is 15.9 Å². The maximum atomic E-state index is 11.6. The van der Waals surface area contributed by atoms with Gasteiger partial charge in [-0.25, -0.2) is 8.42 Å². The molecule has 1 rings (SSSR count). The Hall–Kier alpha value is -1.82. The molecule has 92 valence electrons. The zero-order chi connectivity index (χ0) is 12.7. The summed E-state index contributed by atoms with van der Waals surface area (Å²) in [4.78, 5) is 10.8. The molecule has 6 heteroatoms. The fourth-order valence-electron chi connectivity index (χ4n) is 1.12. The average Bonchev–Trinajstić information content (AvgIpc) is 2.29. The van der Waals surface area contributed by atoms with Crippen molar-refractivity contribution in [3.63, 3.8) is 0 Å². The van der Waals surface area contributed by atoms with Crippen LogP contribution in [0.3, 0.4) is 0 Å². The van der Waals surface area contributed by atoms with Gasteiger partial charge in [-0.05, 0) is 18.2 Å². The number of anilines is 1. The summed E-state index contributed by atoms with van der Waals surface area (Å²) in [6, 6.07) is 8.57. The second-order valence-electron chi connectivity index (χ2n) is 3.28. The van der Waals surface area contributed by atoms with E-state index in [1.807, 2.05) is 0 Å². The monoisotopic (exact) mass is 254 g/mol.